The van der Waals surface area contributed by atoms with Crippen LogP contribution in [0.15, 0.2) is 65.6 Å². The number of carbonyl (C=O) groups is 1. The predicted octanol–water partition coefficient (Wildman–Crippen LogP) is 3.19. The van der Waals surface area contributed by atoms with E-state index in [1.54, 1.807) is 30.3 Å². The number of benzene rings is 2. The number of methoxy groups -OCH3 is 1. The second-order valence-electron chi connectivity index (χ2n) is 6.54. The first-order valence-corrected chi connectivity index (χ1v) is 9.26. The Hall–Kier alpha value is -4.27. The monoisotopic (exact) mass is 420 g/mol. The van der Waals surface area contributed by atoms with Crippen LogP contribution in [0.1, 0.15) is 16.2 Å². The summed E-state index contributed by atoms with van der Waals surface area (Å²) in [6.45, 7) is 0.158. The van der Waals surface area contributed by atoms with Crippen LogP contribution in [0, 0.1) is 5.82 Å². The minimum Gasteiger partial charge on any atom is -0.497 e. The van der Waals surface area contributed by atoms with Gasteiger partial charge in [0.15, 0.2) is 5.82 Å². The molecule has 2 heterocycles. The van der Waals surface area contributed by atoms with E-state index in [-0.39, 0.29) is 18.2 Å². The van der Waals surface area contributed by atoms with Crippen LogP contribution in [-0.4, -0.2) is 28.0 Å². The van der Waals surface area contributed by atoms with Crippen LogP contribution in [0.2, 0.25) is 0 Å². The van der Waals surface area contributed by atoms with Crippen molar-refractivity contribution in [3.63, 3.8) is 0 Å². The molecule has 4 aromatic rings. The lowest BCUT2D eigenvalue weighted by Crippen LogP contribution is -2.27. The first kappa shape index (κ1) is 20.0. The lowest BCUT2D eigenvalue weighted by atomic mass is 10.2. The molecule has 0 saturated heterocycles. The number of hydrogen-bond donors (Lipinski definition) is 2. The molecule has 0 aliphatic carbocycles. The average molecular weight is 420 g/mol. The average Bonchev–Trinajstić information content (AvgIpc) is 2.79. The molecule has 2 aromatic carbocycles. The molecule has 0 radical (unpaired) electrons. The van der Waals surface area contributed by atoms with Crippen LogP contribution < -0.4 is 20.3 Å². The van der Waals surface area contributed by atoms with Crippen molar-refractivity contribution in [1.82, 2.24) is 20.3 Å². The smallest absolute Gasteiger partial charge is 0.287 e. The van der Waals surface area contributed by atoms with Gasteiger partial charge in [-0.05, 0) is 54.1 Å². The van der Waals surface area contributed by atoms with Gasteiger partial charge in [0, 0.05) is 18.8 Å². The normalized spacial score (nSPS) is 10.6. The van der Waals surface area contributed by atoms with Crippen molar-refractivity contribution < 1.29 is 18.7 Å². The van der Waals surface area contributed by atoms with E-state index in [4.69, 9.17) is 9.47 Å². The molecule has 0 aliphatic heterocycles. The highest BCUT2D eigenvalue weighted by atomic mass is 19.1. The number of rotatable bonds is 6. The first-order chi connectivity index (χ1) is 15.0. The van der Waals surface area contributed by atoms with Crippen LogP contribution >= 0.6 is 0 Å². The molecule has 31 heavy (non-hydrogen) atoms. The molecule has 0 atom stereocenters. The van der Waals surface area contributed by atoms with Crippen LogP contribution in [0.5, 0.6) is 17.4 Å². The van der Waals surface area contributed by atoms with Crippen LogP contribution in [0.4, 0.5) is 4.39 Å². The van der Waals surface area contributed by atoms with Gasteiger partial charge in [0.25, 0.3) is 11.5 Å². The maximum atomic E-state index is 13.0. The van der Waals surface area contributed by atoms with Gasteiger partial charge in [-0.25, -0.2) is 14.4 Å². The third kappa shape index (κ3) is 4.67. The first-order valence-electron chi connectivity index (χ1n) is 9.26. The van der Waals surface area contributed by atoms with Crippen molar-refractivity contribution in [3.8, 4) is 17.4 Å². The standard InChI is InChI=1S/C22H17FN4O4/c1-30-16-6-7-18-17(11-16)21(28)27-20(26-18)22(29)25-12-13-8-9-24-19(10-13)31-15-4-2-14(23)3-5-15/h2-11H,12H2,1H3,(H,25,29)(H,26,27,28). The Morgan fingerprint density at radius 2 is 1.87 bits per heavy atom. The van der Waals surface area contributed by atoms with Gasteiger partial charge in [0.2, 0.25) is 5.88 Å². The zero-order valence-electron chi connectivity index (χ0n) is 16.4. The molecule has 0 unspecified atom stereocenters. The Labute approximate surface area is 175 Å². The summed E-state index contributed by atoms with van der Waals surface area (Å²) >= 11 is 0. The van der Waals surface area contributed by atoms with Gasteiger partial charge in [0.05, 0.1) is 18.0 Å². The van der Waals surface area contributed by atoms with Gasteiger partial charge in [-0.2, -0.15) is 0 Å². The molecule has 9 heteroatoms. The second-order valence-corrected chi connectivity index (χ2v) is 6.54. The van der Waals surface area contributed by atoms with Gasteiger partial charge >= 0.3 is 0 Å². The summed E-state index contributed by atoms with van der Waals surface area (Å²) < 4.78 is 23.7. The maximum absolute atomic E-state index is 13.0. The number of nitrogens with one attached hydrogen (secondary N) is 2. The number of aromatic nitrogens is 3. The number of carbonyl (C=O) groups excluding carboxylic acids is 1. The Morgan fingerprint density at radius 1 is 1.10 bits per heavy atom. The fourth-order valence-corrected chi connectivity index (χ4v) is 2.86. The van der Waals surface area contributed by atoms with Gasteiger partial charge in [-0.1, -0.05) is 0 Å². The highest BCUT2D eigenvalue weighted by Gasteiger charge is 2.12. The second kappa shape index (κ2) is 8.62. The quantitative estimate of drug-likeness (QED) is 0.496. The number of H-pyrrole nitrogens is 1. The summed E-state index contributed by atoms with van der Waals surface area (Å²) in [6, 6.07) is 13.7. The lowest BCUT2D eigenvalue weighted by Gasteiger charge is -2.08. The van der Waals surface area contributed by atoms with Crippen molar-refractivity contribution in [2.24, 2.45) is 0 Å². The highest BCUT2D eigenvalue weighted by molar-refractivity contribution is 5.92. The van der Waals surface area contributed by atoms with E-state index in [9.17, 15) is 14.0 Å². The van der Waals surface area contributed by atoms with Crippen LogP contribution in [-0.2, 0) is 6.54 Å². The molecule has 0 saturated carbocycles. The molecule has 2 N–H and O–H groups in total. The molecular weight excluding hydrogens is 403 g/mol. The van der Waals surface area contributed by atoms with Crippen molar-refractivity contribution in [1.29, 1.82) is 0 Å². The summed E-state index contributed by atoms with van der Waals surface area (Å²) in [7, 11) is 1.50. The number of hydrogen-bond acceptors (Lipinski definition) is 6. The predicted molar refractivity (Wildman–Crippen MR) is 111 cm³/mol. The van der Waals surface area contributed by atoms with E-state index >= 15 is 0 Å². The third-order valence-corrected chi connectivity index (χ3v) is 4.42. The molecule has 0 aliphatic rings. The van der Waals surface area contributed by atoms with E-state index in [1.807, 2.05) is 0 Å². The number of nitrogens with zero attached hydrogens (tertiary/aromatic N) is 2. The molecule has 1 amide bonds. The zero-order valence-corrected chi connectivity index (χ0v) is 16.4. The Kier molecular flexibility index (Phi) is 5.57. The molecule has 2 aromatic heterocycles. The fourth-order valence-electron chi connectivity index (χ4n) is 2.86. The number of aromatic amines is 1. The van der Waals surface area contributed by atoms with E-state index < -0.39 is 11.5 Å². The Balaban J connectivity index is 1.46. The minimum absolute atomic E-state index is 0.0977. The fraction of sp³-hybridized carbons (Fsp3) is 0.0909. The van der Waals surface area contributed by atoms with Crippen LogP contribution in [0.25, 0.3) is 10.9 Å². The topological polar surface area (TPSA) is 106 Å². The van der Waals surface area contributed by atoms with Crippen molar-refractivity contribution in [2.45, 2.75) is 6.54 Å². The summed E-state index contributed by atoms with van der Waals surface area (Å²) in [5, 5.41) is 3.03. The molecule has 0 fully saturated rings. The van der Waals surface area contributed by atoms with Gasteiger partial charge in [-0.3, -0.25) is 9.59 Å². The van der Waals surface area contributed by atoms with E-state index in [0.29, 0.717) is 33.8 Å². The number of halogens is 1. The van der Waals surface area contributed by atoms with Crippen molar-refractivity contribution in [3.05, 3.63) is 88.4 Å². The lowest BCUT2D eigenvalue weighted by molar-refractivity contribution is 0.0940. The summed E-state index contributed by atoms with van der Waals surface area (Å²) in [5.74, 6) is 0.255. The van der Waals surface area contributed by atoms with E-state index in [0.717, 1.165) is 0 Å². The Bertz CT molecular complexity index is 1310. The van der Waals surface area contributed by atoms with Crippen LogP contribution in [0.3, 0.4) is 0 Å². The third-order valence-electron chi connectivity index (χ3n) is 4.42. The molecular formula is C22H17FN4O4. The molecule has 4 rings (SSSR count). The van der Waals surface area contributed by atoms with E-state index in [2.05, 4.69) is 20.3 Å². The summed E-state index contributed by atoms with van der Waals surface area (Å²) in [5.41, 5.74) is 0.662. The molecule has 8 nitrogen and oxygen atoms in total. The van der Waals surface area contributed by atoms with Crippen molar-refractivity contribution in [2.75, 3.05) is 7.11 Å². The summed E-state index contributed by atoms with van der Waals surface area (Å²) in [6.07, 6.45) is 1.53. The van der Waals surface area contributed by atoms with E-state index in [1.165, 1.54) is 37.6 Å². The number of amides is 1. The SMILES string of the molecule is COc1ccc2nc(C(=O)NCc3ccnc(Oc4ccc(F)cc4)c3)[nH]c(=O)c2c1. The van der Waals surface area contributed by atoms with Gasteiger partial charge < -0.3 is 19.8 Å². The molecule has 156 valence electrons. The number of fused-ring (bicyclic) bond motifs is 1. The highest BCUT2D eigenvalue weighted by Crippen LogP contribution is 2.20. The summed E-state index contributed by atoms with van der Waals surface area (Å²) in [4.78, 5) is 35.6. The Morgan fingerprint density at radius 3 is 2.65 bits per heavy atom. The number of ether oxygens (including phenoxy) is 2. The maximum Gasteiger partial charge on any atom is 0.287 e. The molecule has 0 spiro atoms. The number of pyridine rings is 1. The van der Waals surface area contributed by atoms with Gasteiger partial charge in [-0.15, -0.1) is 0 Å². The largest absolute Gasteiger partial charge is 0.497 e. The minimum atomic E-state index is -0.535. The van der Waals surface area contributed by atoms with Crippen molar-refractivity contribution >= 4 is 16.8 Å². The van der Waals surface area contributed by atoms with Gasteiger partial charge in [0.1, 0.15) is 17.3 Å². The molecule has 0 bridgehead atoms. The zero-order chi connectivity index (χ0) is 21.8.